The second-order valence-electron chi connectivity index (χ2n) is 9.75. The van der Waals surface area contributed by atoms with Crippen LogP contribution in [-0.4, -0.2) is 28.3 Å². The minimum Gasteiger partial charge on any atom is -0.545 e. The average Bonchev–Trinajstić information content (AvgIpc) is 3.15. The van der Waals surface area contributed by atoms with Gasteiger partial charge in [0.25, 0.3) is 0 Å². The van der Waals surface area contributed by atoms with Crippen molar-refractivity contribution < 1.29 is 49.3 Å². The molecule has 2 heterocycles. The van der Waals surface area contributed by atoms with Gasteiger partial charge >= 0.3 is 29.6 Å². The molecule has 0 unspecified atom stereocenters. The number of carboxylic acid groups (broad SMARTS) is 1. The van der Waals surface area contributed by atoms with Crippen molar-refractivity contribution in [1.29, 1.82) is 0 Å². The summed E-state index contributed by atoms with van der Waals surface area (Å²) >= 11 is 1.62. The third-order valence-corrected chi connectivity index (χ3v) is 8.37. The maximum atomic E-state index is 12.3. The topological polar surface area (TPSA) is 82.5 Å². The second kappa shape index (κ2) is 10.2. The summed E-state index contributed by atoms with van der Waals surface area (Å²) in [6.07, 6.45) is 3.27. The largest absolute Gasteiger partial charge is 1.00 e. The molecule has 1 aliphatic rings. The van der Waals surface area contributed by atoms with Gasteiger partial charge in [-0.25, -0.2) is 4.98 Å². The number of benzene rings is 2. The standard InChI is InChI=1S/C28H29NO4S.Na/c1-16-8-9-22(33-15-18-10-12-28(3,32)13-11-18)24-20(27(30)31)14-21(29-25(16)24)26-17(2)19-6-4-5-7-23(19)34-26;/h4-9,14,18,32H,10-13,15H2,1-3H3,(H,30,31);/q;+1/p-1. The average molecular weight is 498 g/mol. The summed E-state index contributed by atoms with van der Waals surface area (Å²) < 4.78 is 7.33. The van der Waals surface area contributed by atoms with E-state index >= 15 is 0 Å². The predicted octanol–water partition coefficient (Wildman–Crippen LogP) is 2.42. The van der Waals surface area contributed by atoms with E-state index < -0.39 is 11.6 Å². The normalized spacial score (nSPS) is 20.1. The van der Waals surface area contributed by atoms with Crippen molar-refractivity contribution >= 4 is 38.3 Å². The SMILES string of the molecule is Cc1c(-c2cc(C(=O)[O-])c3c(OCC4CCC(C)(O)CC4)ccc(C)c3n2)sc2ccccc12.[Na+]. The van der Waals surface area contributed by atoms with E-state index in [0.29, 0.717) is 34.9 Å². The van der Waals surface area contributed by atoms with Crippen LogP contribution in [-0.2, 0) is 0 Å². The number of pyridine rings is 1. The van der Waals surface area contributed by atoms with Crippen molar-refractivity contribution in [3.63, 3.8) is 0 Å². The number of aromatic nitrogens is 1. The molecule has 1 saturated carbocycles. The summed E-state index contributed by atoms with van der Waals surface area (Å²) in [7, 11) is 0. The van der Waals surface area contributed by atoms with Crippen molar-refractivity contribution in [3.8, 4) is 16.3 Å². The summed E-state index contributed by atoms with van der Waals surface area (Å²) in [6.45, 7) is 6.35. The molecule has 0 aliphatic heterocycles. The Kier molecular flexibility index (Phi) is 7.60. The van der Waals surface area contributed by atoms with Crippen LogP contribution >= 0.6 is 11.3 Å². The number of fused-ring (bicyclic) bond motifs is 2. The Hall–Kier alpha value is -1.96. The van der Waals surface area contributed by atoms with Gasteiger partial charge in [0.2, 0.25) is 0 Å². The molecule has 4 aromatic rings. The van der Waals surface area contributed by atoms with Crippen LogP contribution in [0.4, 0.5) is 0 Å². The molecule has 0 amide bonds. The molecular formula is C28H28NNaO4S. The van der Waals surface area contributed by atoms with Gasteiger partial charge in [-0.3, -0.25) is 0 Å². The smallest absolute Gasteiger partial charge is 0.545 e. The van der Waals surface area contributed by atoms with Crippen LogP contribution in [0, 0.1) is 19.8 Å². The maximum absolute atomic E-state index is 12.3. The van der Waals surface area contributed by atoms with E-state index in [1.807, 2.05) is 45.0 Å². The maximum Gasteiger partial charge on any atom is 1.00 e. The minimum absolute atomic E-state index is 0. The van der Waals surface area contributed by atoms with Gasteiger partial charge < -0.3 is 19.7 Å². The Morgan fingerprint density at radius 2 is 1.91 bits per heavy atom. The monoisotopic (exact) mass is 497 g/mol. The van der Waals surface area contributed by atoms with E-state index in [2.05, 4.69) is 12.1 Å². The molecule has 0 radical (unpaired) electrons. The molecule has 35 heavy (non-hydrogen) atoms. The summed E-state index contributed by atoms with van der Waals surface area (Å²) in [4.78, 5) is 18.2. The summed E-state index contributed by atoms with van der Waals surface area (Å²) in [5.41, 5.74) is 2.74. The number of hydrogen-bond acceptors (Lipinski definition) is 6. The third-order valence-electron chi connectivity index (χ3n) is 7.08. The molecule has 0 saturated heterocycles. The number of nitrogens with zero attached hydrogens (tertiary/aromatic N) is 1. The Labute approximate surface area is 231 Å². The van der Waals surface area contributed by atoms with Gasteiger partial charge in [-0.2, -0.15) is 0 Å². The number of aromatic carboxylic acids is 1. The van der Waals surface area contributed by atoms with E-state index in [-0.39, 0.29) is 35.1 Å². The predicted molar refractivity (Wildman–Crippen MR) is 134 cm³/mol. The molecule has 2 aromatic carbocycles. The molecule has 5 rings (SSSR count). The number of aryl methyl sites for hydroxylation is 2. The third kappa shape index (κ3) is 5.13. The van der Waals surface area contributed by atoms with Gasteiger partial charge in [-0.15, -0.1) is 11.3 Å². The van der Waals surface area contributed by atoms with Crippen LogP contribution in [0.15, 0.2) is 42.5 Å². The van der Waals surface area contributed by atoms with Crippen LogP contribution in [0.3, 0.4) is 0 Å². The zero-order chi connectivity index (χ0) is 24.0. The Morgan fingerprint density at radius 1 is 1.20 bits per heavy atom. The first-order chi connectivity index (χ1) is 16.2. The number of carboxylic acids is 1. The molecule has 0 spiro atoms. The second-order valence-corrected chi connectivity index (χ2v) is 10.8. The van der Waals surface area contributed by atoms with Crippen LogP contribution in [0.1, 0.15) is 54.1 Å². The Balaban J connectivity index is 0.00000289. The van der Waals surface area contributed by atoms with Crippen LogP contribution in [0.5, 0.6) is 5.75 Å². The molecule has 1 aliphatic carbocycles. The van der Waals surface area contributed by atoms with Crippen LogP contribution in [0.2, 0.25) is 0 Å². The first-order valence-electron chi connectivity index (χ1n) is 11.7. The number of carbonyl (C=O) groups is 1. The molecule has 2 aromatic heterocycles. The van der Waals surface area contributed by atoms with E-state index in [0.717, 1.165) is 51.8 Å². The number of rotatable bonds is 5. The molecule has 1 N–H and O–H groups in total. The number of aliphatic hydroxyl groups is 1. The molecule has 7 heteroatoms. The van der Waals surface area contributed by atoms with Crippen molar-refractivity contribution in [2.24, 2.45) is 5.92 Å². The first-order valence-corrected chi connectivity index (χ1v) is 12.5. The van der Waals surface area contributed by atoms with E-state index in [1.54, 1.807) is 17.4 Å². The molecular weight excluding hydrogens is 469 g/mol. The molecule has 5 nitrogen and oxygen atoms in total. The molecule has 176 valence electrons. The van der Waals surface area contributed by atoms with Crippen LogP contribution in [0.25, 0.3) is 31.6 Å². The molecule has 0 bridgehead atoms. The number of ether oxygens (including phenoxy) is 1. The van der Waals surface area contributed by atoms with Gasteiger partial charge in [-0.05, 0) is 87.1 Å². The zero-order valence-corrected chi connectivity index (χ0v) is 23.5. The van der Waals surface area contributed by atoms with E-state index in [9.17, 15) is 15.0 Å². The fraction of sp³-hybridized carbons (Fsp3) is 0.357. The number of hydrogen-bond donors (Lipinski definition) is 1. The van der Waals surface area contributed by atoms with Gasteiger partial charge in [0, 0.05) is 10.3 Å². The molecule has 0 atom stereocenters. The molecule has 1 fully saturated rings. The van der Waals surface area contributed by atoms with Gasteiger partial charge in [0.05, 0.1) is 39.7 Å². The summed E-state index contributed by atoms with van der Waals surface area (Å²) in [5.74, 6) is -0.391. The Morgan fingerprint density at radius 3 is 2.60 bits per heavy atom. The van der Waals surface area contributed by atoms with Crippen molar-refractivity contribution in [2.45, 2.75) is 52.1 Å². The zero-order valence-electron chi connectivity index (χ0n) is 20.7. The van der Waals surface area contributed by atoms with Crippen LogP contribution < -0.4 is 39.4 Å². The van der Waals surface area contributed by atoms with Crippen molar-refractivity contribution in [3.05, 3.63) is 59.2 Å². The van der Waals surface area contributed by atoms with Gasteiger partial charge in [-0.1, -0.05) is 24.3 Å². The quantitative estimate of drug-likeness (QED) is 0.429. The summed E-state index contributed by atoms with van der Waals surface area (Å²) in [5, 5.41) is 24.1. The van der Waals surface area contributed by atoms with Gasteiger partial charge in [0.15, 0.2) is 0 Å². The first kappa shape index (κ1) is 26.1. The fourth-order valence-electron chi connectivity index (χ4n) is 4.93. The Bertz CT molecular complexity index is 1400. The van der Waals surface area contributed by atoms with E-state index in [4.69, 9.17) is 9.72 Å². The van der Waals surface area contributed by atoms with E-state index in [1.165, 1.54) is 0 Å². The van der Waals surface area contributed by atoms with Crippen molar-refractivity contribution in [2.75, 3.05) is 6.61 Å². The minimum atomic E-state index is -1.24. The summed E-state index contributed by atoms with van der Waals surface area (Å²) in [6, 6.07) is 13.5. The number of carbonyl (C=O) groups excluding carboxylic acids is 1. The van der Waals surface area contributed by atoms with Gasteiger partial charge in [0.1, 0.15) is 5.75 Å². The van der Waals surface area contributed by atoms with Crippen molar-refractivity contribution in [1.82, 2.24) is 4.98 Å². The fourth-order valence-corrected chi connectivity index (χ4v) is 6.10. The number of thiophene rings is 1.